The molecule has 2 rings (SSSR count). The quantitative estimate of drug-likeness (QED) is 0.785. The summed E-state index contributed by atoms with van der Waals surface area (Å²) in [5.74, 6) is 0.750. The Kier molecular flexibility index (Phi) is 6.21. The van der Waals surface area contributed by atoms with Crippen molar-refractivity contribution in [3.8, 4) is 5.75 Å². The average Bonchev–Trinajstić information content (AvgIpc) is 2.48. The minimum atomic E-state index is 0.0601. The van der Waals surface area contributed by atoms with Crippen molar-refractivity contribution in [2.24, 2.45) is 0 Å². The first-order valence-electron chi connectivity index (χ1n) is 7.78. The Labute approximate surface area is 126 Å². The van der Waals surface area contributed by atoms with Gasteiger partial charge in [0.25, 0.3) is 0 Å². The normalized spacial score (nSPS) is 16.1. The summed E-state index contributed by atoms with van der Waals surface area (Å²) in [6, 6.07) is 7.43. The van der Waals surface area contributed by atoms with Gasteiger partial charge in [-0.3, -0.25) is 4.79 Å². The maximum Gasteiger partial charge on any atom is 0.168 e. The van der Waals surface area contributed by atoms with Gasteiger partial charge in [0.05, 0.1) is 24.4 Å². The molecule has 1 aliphatic heterocycles. The van der Waals surface area contributed by atoms with Crippen LogP contribution in [0.15, 0.2) is 24.3 Å². The van der Waals surface area contributed by atoms with Crippen LogP contribution in [0.4, 0.5) is 0 Å². The molecule has 4 heteroatoms. The molecule has 0 atom stereocenters. The van der Waals surface area contributed by atoms with Crippen molar-refractivity contribution in [1.82, 2.24) is 5.32 Å². The Bertz CT molecular complexity index is 453. The third-order valence-electron chi connectivity index (χ3n) is 3.52. The zero-order valence-corrected chi connectivity index (χ0v) is 12.9. The summed E-state index contributed by atoms with van der Waals surface area (Å²) in [4.78, 5) is 12.3. The van der Waals surface area contributed by atoms with Crippen molar-refractivity contribution in [1.29, 1.82) is 0 Å². The lowest BCUT2D eigenvalue weighted by Crippen LogP contribution is -2.32. The zero-order valence-electron chi connectivity index (χ0n) is 12.9. The third-order valence-corrected chi connectivity index (χ3v) is 3.52. The van der Waals surface area contributed by atoms with Crippen LogP contribution in [0.25, 0.3) is 0 Å². The Balaban J connectivity index is 1.85. The molecule has 0 spiro atoms. The molecule has 0 radical (unpaired) electrons. The first kappa shape index (κ1) is 16.0. The van der Waals surface area contributed by atoms with E-state index < -0.39 is 0 Å². The summed E-state index contributed by atoms with van der Waals surface area (Å²) < 4.78 is 11.5. The summed E-state index contributed by atoms with van der Waals surface area (Å²) in [7, 11) is 0. The number of para-hydroxylation sites is 1. The van der Waals surface area contributed by atoms with E-state index in [1.807, 2.05) is 38.1 Å². The average molecular weight is 291 g/mol. The van der Waals surface area contributed by atoms with Gasteiger partial charge in [-0.25, -0.2) is 0 Å². The van der Waals surface area contributed by atoms with Crippen molar-refractivity contribution >= 4 is 5.78 Å². The van der Waals surface area contributed by atoms with Gasteiger partial charge in [-0.15, -0.1) is 0 Å². The Hall–Kier alpha value is -1.39. The predicted octanol–water partition coefficient (Wildman–Crippen LogP) is 2.82. The van der Waals surface area contributed by atoms with E-state index in [2.05, 4.69) is 5.32 Å². The zero-order chi connectivity index (χ0) is 15.1. The Morgan fingerprint density at radius 3 is 2.71 bits per heavy atom. The highest BCUT2D eigenvalue weighted by molar-refractivity contribution is 5.98. The largest absolute Gasteiger partial charge is 0.490 e. The molecule has 0 amide bonds. The Morgan fingerprint density at radius 1 is 1.29 bits per heavy atom. The first-order valence-corrected chi connectivity index (χ1v) is 7.78. The van der Waals surface area contributed by atoms with Crippen LogP contribution in [-0.2, 0) is 4.74 Å². The number of nitrogens with one attached hydrogen (secondary N) is 1. The van der Waals surface area contributed by atoms with Gasteiger partial charge in [0, 0.05) is 6.42 Å². The standard InChI is InChI=1S/C17H25NO3/c1-13(2)21-17-6-4-3-5-15(17)16(19)9-12-20-14-7-10-18-11-8-14/h3-6,13-14,18H,7-12H2,1-2H3. The predicted molar refractivity (Wildman–Crippen MR) is 83.0 cm³/mol. The van der Waals surface area contributed by atoms with E-state index in [0.29, 0.717) is 30.4 Å². The van der Waals surface area contributed by atoms with Crippen LogP contribution >= 0.6 is 0 Å². The van der Waals surface area contributed by atoms with Crippen LogP contribution < -0.4 is 10.1 Å². The number of benzene rings is 1. The van der Waals surface area contributed by atoms with E-state index in [1.165, 1.54) is 0 Å². The van der Waals surface area contributed by atoms with Crippen LogP contribution in [0, 0.1) is 0 Å². The van der Waals surface area contributed by atoms with Crippen LogP contribution in [0.2, 0.25) is 0 Å². The van der Waals surface area contributed by atoms with Crippen molar-refractivity contribution in [3.63, 3.8) is 0 Å². The topological polar surface area (TPSA) is 47.6 Å². The van der Waals surface area contributed by atoms with Gasteiger partial charge in [0.2, 0.25) is 0 Å². The van der Waals surface area contributed by atoms with Gasteiger partial charge in [-0.05, 0) is 51.9 Å². The molecule has 21 heavy (non-hydrogen) atoms. The summed E-state index contributed by atoms with van der Waals surface area (Å²) in [5, 5.41) is 3.30. The molecule has 1 aromatic carbocycles. The van der Waals surface area contributed by atoms with Crippen LogP contribution in [0.3, 0.4) is 0 Å². The molecular weight excluding hydrogens is 266 g/mol. The second kappa shape index (κ2) is 8.15. The fourth-order valence-electron chi connectivity index (χ4n) is 2.47. The van der Waals surface area contributed by atoms with Crippen molar-refractivity contribution in [3.05, 3.63) is 29.8 Å². The highest BCUT2D eigenvalue weighted by Gasteiger charge is 2.16. The highest BCUT2D eigenvalue weighted by atomic mass is 16.5. The molecule has 1 aliphatic rings. The van der Waals surface area contributed by atoms with Crippen molar-refractivity contribution in [2.75, 3.05) is 19.7 Å². The molecule has 116 valence electrons. The maximum absolute atomic E-state index is 12.3. The highest BCUT2D eigenvalue weighted by Crippen LogP contribution is 2.21. The molecule has 4 nitrogen and oxygen atoms in total. The lowest BCUT2D eigenvalue weighted by molar-refractivity contribution is 0.0313. The number of ketones is 1. The fraction of sp³-hybridized carbons (Fsp3) is 0.588. The van der Waals surface area contributed by atoms with Gasteiger partial charge in [0.15, 0.2) is 5.78 Å². The van der Waals surface area contributed by atoms with E-state index in [4.69, 9.17) is 9.47 Å². The smallest absolute Gasteiger partial charge is 0.168 e. The van der Waals surface area contributed by atoms with Crippen molar-refractivity contribution < 1.29 is 14.3 Å². The summed E-state index contributed by atoms with van der Waals surface area (Å²) in [5.41, 5.74) is 0.653. The minimum Gasteiger partial charge on any atom is -0.490 e. The molecule has 1 saturated heterocycles. The SMILES string of the molecule is CC(C)Oc1ccccc1C(=O)CCOC1CCNCC1. The molecule has 1 fully saturated rings. The van der Waals surface area contributed by atoms with E-state index in [9.17, 15) is 4.79 Å². The first-order chi connectivity index (χ1) is 10.2. The summed E-state index contributed by atoms with van der Waals surface area (Å²) >= 11 is 0. The van der Waals surface area contributed by atoms with Crippen LogP contribution in [0.1, 0.15) is 43.5 Å². The number of ether oxygens (including phenoxy) is 2. The van der Waals surface area contributed by atoms with Gasteiger partial charge < -0.3 is 14.8 Å². The second-order valence-corrected chi connectivity index (χ2v) is 5.66. The fourth-order valence-corrected chi connectivity index (χ4v) is 2.47. The molecule has 0 saturated carbocycles. The van der Waals surface area contributed by atoms with Crippen molar-refractivity contribution in [2.45, 2.75) is 45.3 Å². The minimum absolute atomic E-state index is 0.0601. The van der Waals surface area contributed by atoms with E-state index >= 15 is 0 Å². The van der Waals surface area contributed by atoms with Gasteiger partial charge in [-0.2, -0.15) is 0 Å². The lowest BCUT2D eigenvalue weighted by atomic mass is 10.1. The van der Waals surface area contributed by atoms with E-state index in [-0.39, 0.29) is 11.9 Å². The number of hydrogen-bond donors (Lipinski definition) is 1. The molecule has 1 aromatic rings. The van der Waals surface area contributed by atoms with Gasteiger partial charge in [0.1, 0.15) is 5.75 Å². The number of Topliss-reactive ketones (excluding diaryl/α,β-unsaturated/α-hetero) is 1. The molecule has 0 bridgehead atoms. The lowest BCUT2D eigenvalue weighted by Gasteiger charge is -2.22. The maximum atomic E-state index is 12.3. The molecular formula is C17H25NO3. The molecule has 0 aromatic heterocycles. The van der Waals surface area contributed by atoms with Gasteiger partial charge in [-0.1, -0.05) is 12.1 Å². The number of carbonyl (C=O) groups is 1. The summed E-state index contributed by atoms with van der Waals surface area (Å²) in [6.45, 7) is 6.41. The van der Waals surface area contributed by atoms with Crippen LogP contribution in [0.5, 0.6) is 5.75 Å². The monoisotopic (exact) mass is 291 g/mol. The number of rotatable bonds is 7. The molecule has 1 heterocycles. The third kappa shape index (κ3) is 5.14. The van der Waals surface area contributed by atoms with Crippen LogP contribution in [-0.4, -0.2) is 37.7 Å². The summed E-state index contributed by atoms with van der Waals surface area (Å²) in [6.07, 6.45) is 2.82. The molecule has 0 aliphatic carbocycles. The molecule has 0 unspecified atom stereocenters. The number of hydrogen-bond acceptors (Lipinski definition) is 4. The second-order valence-electron chi connectivity index (χ2n) is 5.66. The number of carbonyl (C=O) groups excluding carboxylic acids is 1. The van der Waals surface area contributed by atoms with E-state index in [0.717, 1.165) is 25.9 Å². The van der Waals surface area contributed by atoms with Gasteiger partial charge >= 0.3 is 0 Å². The Morgan fingerprint density at radius 2 is 2.00 bits per heavy atom. The number of piperidine rings is 1. The molecule has 1 N–H and O–H groups in total. The van der Waals surface area contributed by atoms with E-state index in [1.54, 1.807) is 0 Å².